The number of aryl methyl sites for hydroxylation is 1. The quantitative estimate of drug-likeness (QED) is 0.759. The van der Waals surface area contributed by atoms with Crippen LogP contribution in [0.2, 0.25) is 0 Å². The third-order valence-electron chi connectivity index (χ3n) is 3.96. The Morgan fingerprint density at radius 3 is 2.88 bits per heavy atom. The molecule has 1 unspecified atom stereocenters. The van der Waals surface area contributed by atoms with E-state index in [9.17, 15) is 0 Å². The molecule has 0 aromatic carbocycles. The predicted octanol–water partition coefficient (Wildman–Crippen LogP) is 3.85. The molecular formula is C14H23NS. The Hall–Kier alpha value is -0.340. The van der Waals surface area contributed by atoms with Crippen LogP contribution in [0.15, 0.2) is 17.5 Å². The van der Waals surface area contributed by atoms with Gasteiger partial charge in [-0.25, -0.2) is 0 Å². The first-order chi connectivity index (χ1) is 7.77. The third kappa shape index (κ3) is 2.86. The van der Waals surface area contributed by atoms with Crippen LogP contribution in [0.4, 0.5) is 0 Å². The fraction of sp³-hybridized carbons (Fsp3) is 0.714. The minimum Gasteiger partial charge on any atom is -0.314 e. The highest BCUT2D eigenvalue weighted by Gasteiger charge is 2.46. The Morgan fingerprint density at radius 2 is 2.31 bits per heavy atom. The summed E-state index contributed by atoms with van der Waals surface area (Å²) in [5.74, 6) is 0. The molecule has 0 radical (unpaired) electrons. The highest BCUT2D eigenvalue weighted by Crippen LogP contribution is 2.52. The van der Waals surface area contributed by atoms with Crippen molar-refractivity contribution in [2.45, 2.75) is 52.0 Å². The lowest BCUT2D eigenvalue weighted by atomic mass is 9.91. The standard InChI is InChI=1S/C14H23NS/c1-3-10-15-12(2)14(8-9-14)7-6-13-5-4-11-16-13/h4-5,11-12,15H,3,6-10H2,1-2H3. The fourth-order valence-corrected chi connectivity index (χ4v) is 3.17. The monoisotopic (exact) mass is 237 g/mol. The van der Waals surface area contributed by atoms with Gasteiger partial charge >= 0.3 is 0 Å². The van der Waals surface area contributed by atoms with Crippen LogP contribution in [0.3, 0.4) is 0 Å². The minimum atomic E-state index is 0.624. The van der Waals surface area contributed by atoms with Crippen molar-refractivity contribution in [3.8, 4) is 0 Å². The molecule has 0 amide bonds. The van der Waals surface area contributed by atoms with E-state index >= 15 is 0 Å². The molecule has 1 fully saturated rings. The van der Waals surface area contributed by atoms with Gasteiger partial charge in [0.05, 0.1) is 0 Å². The molecular weight excluding hydrogens is 214 g/mol. The molecule has 0 bridgehead atoms. The van der Waals surface area contributed by atoms with E-state index in [0.717, 1.165) is 0 Å². The fourth-order valence-electron chi connectivity index (χ4n) is 2.46. The van der Waals surface area contributed by atoms with Crippen LogP contribution >= 0.6 is 11.3 Å². The molecule has 1 aliphatic rings. The molecule has 2 rings (SSSR count). The molecule has 1 aliphatic carbocycles. The summed E-state index contributed by atoms with van der Waals surface area (Å²) in [6, 6.07) is 5.14. The zero-order chi connectivity index (χ0) is 11.4. The van der Waals surface area contributed by atoms with E-state index in [1.165, 1.54) is 38.6 Å². The van der Waals surface area contributed by atoms with Gasteiger partial charge in [0, 0.05) is 10.9 Å². The summed E-state index contributed by atoms with van der Waals surface area (Å²) in [5.41, 5.74) is 0.624. The number of thiophene rings is 1. The largest absolute Gasteiger partial charge is 0.314 e. The zero-order valence-corrected chi connectivity index (χ0v) is 11.3. The molecule has 16 heavy (non-hydrogen) atoms. The van der Waals surface area contributed by atoms with Crippen molar-refractivity contribution in [1.29, 1.82) is 0 Å². The van der Waals surface area contributed by atoms with Crippen LogP contribution in [-0.2, 0) is 6.42 Å². The van der Waals surface area contributed by atoms with Gasteiger partial charge < -0.3 is 5.32 Å². The molecule has 90 valence electrons. The first kappa shape index (κ1) is 12.1. The first-order valence-corrected chi connectivity index (χ1v) is 7.40. The summed E-state index contributed by atoms with van der Waals surface area (Å²) in [6.45, 7) is 5.78. The maximum Gasteiger partial charge on any atom is 0.00953 e. The van der Waals surface area contributed by atoms with Gasteiger partial charge in [-0.3, -0.25) is 0 Å². The number of hydrogen-bond donors (Lipinski definition) is 1. The summed E-state index contributed by atoms with van der Waals surface area (Å²) in [7, 11) is 0. The zero-order valence-electron chi connectivity index (χ0n) is 10.5. The van der Waals surface area contributed by atoms with Crippen LogP contribution in [-0.4, -0.2) is 12.6 Å². The van der Waals surface area contributed by atoms with E-state index < -0.39 is 0 Å². The van der Waals surface area contributed by atoms with Gasteiger partial charge in [-0.15, -0.1) is 11.3 Å². The number of rotatable bonds is 7. The molecule has 1 aromatic heterocycles. The Balaban J connectivity index is 1.79. The van der Waals surface area contributed by atoms with Gasteiger partial charge in [-0.2, -0.15) is 0 Å². The lowest BCUT2D eigenvalue weighted by Gasteiger charge is -2.24. The van der Waals surface area contributed by atoms with Gasteiger partial charge in [-0.05, 0) is 62.4 Å². The van der Waals surface area contributed by atoms with E-state index in [1.807, 2.05) is 11.3 Å². The maximum atomic E-state index is 3.67. The minimum absolute atomic E-state index is 0.624. The average Bonchev–Trinajstić information content (AvgIpc) is 2.91. The maximum absolute atomic E-state index is 3.67. The molecule has 1 atom stereocenters. The smallest absolute Gasteiger partial charge is 0.00953 e. The summed E-state index contributed by atoms with van der Waals surface area (Å²) >= 11 is 1.90. The van der Waals surface area contributed by atoms with Crippen molar-refractivity contribution in [1.82, 2.24) is 5.32 Å². The van der Waals surface area contributed by atoms with E-state index in [2.05, 4.69) is 36.7 Å². The van der Waals surface area contributed by atoms with Crippen molar-refractivity contribution in [3.05, 3.63) is 22.4 Å². The van der Waals surface area contributed by atoms with Gasteiger partial charge in [0.2, 0.25) is 0 Å². The lowest BCUT2D eigenvalue weighted by Crippen LogP contribution is -2.35. The average molecular weight is 237 g/mol. The summed E-state index contributed by atoms with van der Waals surface area (Å²) < 4.78 is 0. The Labute approximate surface area is 103 Å². The van der Waals surface area contributed by atoms with Gasteiger partial charge in [0.25, 0.3) is 0 Å². The molecule has 0 saturated heterocycles. The SMILES string of the molecule is CCCNC(C)C1(CCc2cccs2)CC1. The normalized spacial score (nSPS) is 19.6. The van der Waals surface area contributed by atoms with Gasteiger partial charge in [0.1, 0.15) is 0 Å². The Morgan fingerprint density at radius 1 is 1.50 bits per heavy atom. The van der Waals surface area contributed by atoms with Crippen molar-refractivity contribution in [3.63, 3.8) is 0 Å². The second kappa shape index (κ2) is 5.33. The highest BCUT2D eigenvalue weighted by atomic mass is 32.1. The number of nitrogens with one attached hydrogen (secondary N) is 1. The van der Waals surface area contributed by atoms with Crippen LogP contribution < -0.4 is 5.32 Å². The second-order valence-electron chi connectivity index (χ2n) is 5.12. The number of hydrogen-bond acceptors (Lipinski definition) is 2. The molecule has 1 aromatic rings. The molecule has 1 saturated carbocycles. The molecule has 2 heteroatoms. The van der Waals surface area contributed by atoms with Crippen LogP contribution in [0, 0.1) is 5.41 Å². The molecule has 1 heterocycles. The topological polar surface area (TPSA) is 12.0 Å². The van der Waals surface area contributed by atoms with Crippen LogP contribution in [0.1, 0.15) is 44.4 Å². The summed E-state index contributed by atoms with van der Waals surface area (Å²) in [4.78, 5) is 1.55. The van der Waals surface area contributed by atoms with Crippen LogP contribution in [0.5, 0.6) is 0 Å². The third-order valence-corrected chi connectivity index (χ3v) is 4.90. The predicted molar refractivity (Wildman–Crippen MR) is 72.1 cm³/mol. The van der Waals surface area contributed by atoms with Crippen LogP contribution in [0.25, 0.3) is 0 Å². The lowest BCUT2D eigenvalue weighted by molar-refractivity contribution is 0.332. The van der Waals surface area contributed by atoms with Crippen molar-refractivity contribution < 1.29 is 0 Å². The van der Waals surface area contributed by atoms with E-state index in [1.54, 1.807) is 4.88 Å². The van der Waals surface area contributed by atoms with E-state index in [-0.39, 0.29) is 0 Å². The van der Waals surface area contributed by atoms with Crippen molar-refractivity contribution in [2.24, 2.45) is 5.41 Å². The molecule has 0 aliphatic heterocycles. The van der Waals surface area contributed by atoms with E-state index in [0.29, 0.717) is 11.5 Å². The summed E-state index contributed by atoms with van der Waals surface area (Å²) in [5, 5.41) is 5.86. The second-order valence-corrected chi connectivity index (χ2v) is 6.15. The first-order valence-electron chi connectivity index (χ1n) is 6.52. The van der Waals surface area contributed by atoms with Gasteiger partial charge in [0.15, 0.2) is 0 Å². The molecule has 1 N–H and O–H groups in total. The molecule has 1 nitrogen and oxygen atoms in total. The van der Waals surface area contributed by atoms with Gasteiger partial charge in [-0.1, -0.05) is 13.0 Å². The van der Waals surface area contributed by atoms with Crippen molar-refractivity contribution in [2.75, 3.05) is 6.54 Å². The highest BCUT2D eigenvalue weighted by molar-refractivity contribution is 7.09. The Bertz CT molecular complexity index is 301. The van der Waals surface area contributed by atoms with E-state index in [4.69, 9.17) is 0 Å². The Kier molecular flexibility index (Phi) is 4.04. The summed E-state index contributed by atoms with van der Waals surface area (Å²) in [6.07, 6.45) is 6.74. The van der Waals surface area contributed by atoms with Crippen molar-refractivity contribution >= 4 is 11.3 Å². The molecule has 0 spiro atoms.